The van der Waals surface area contributed by atoms with Gasteiger partial charge in [-0.05, 0) is 38.8 Å². The lowest BCUT2D eigenvalue weighted by atomic mass is 10.1. The predicted molar refractivity (Wildman–Crippen MR) is 93.4 cm³/mol. The Morgan fingerprint density at radius 3 is 2.62 bits per heavy atom. The van der Waals surface area contributed by atoms with Gasteiger partial charge in [-0.3, -0.25) is 4.79 Å². The van der Waals surface area contributed by atoms with Gasteiger partial charge in [0.25, 0.3) is 5.91 Å². The zero-order valence-corrected chi connectivity index (χ0v) is 15.3. The Balaban J connectivity index is 2.03. The number of piperidine rings is 1. The highest BCUT2D eigenvalue weighted by Gasteiger charge is 2.33. The summed E-state index contributed by atoms with van der Waals surface area (Å²) in [6.45, 7) is 4.65. The van der Waals surface area contributed by atoms with Crippen molar-refractivity contribution in [2.24, 2.45) is 0 Å². The first-order chi connectivity index (χ1) is 11.2. The molecule has 1 heterocycles. The van der Waals surface area contributed by atoms with Crippen LogP contribution in [-0.4, -0.2) is 56.8 Å². The standard InChI is InChI=1S/C17H26N2O4S/c1-17(2,23-3)13-18-24(21,22)15-10-7-11-19(12-15)16(20)14-8-5-4-6-9-14/h4-6,8-9,15,18H,7,10-13H2,1-3H3. The average molecular weight is 354 g/mol. The van der Waals surface area contributed by atoms with Gasteiger partial charge in [-0.25, -0.2) is 13.1 Å². The summed E-state index contributed by atoms with van der Waals surface area (Å²) in [5.41, 5.74) is 0.0189. The summed E-state index contributed by atoms with van der Waals surface area (Å²) < 4.78 is 33.0. The van der Waals surface area contributed by atoms with E-state index in [-0.39, 0.29) is 19.0 Å². The van der Waals surface area contributed by atoms with Crippen LogP contribution in [-0.2, 0) is 14.8 Å². The maximum atomic E-state index is 12.5. The largest absolute Gasteiger partial charge is 0.377 e. The monoisotopic (exact) mass is 354 g/mol. The number of amides is 1. The van der Waals surface area contributed by atoms with E-state index in [1.54, 1.807) is 36.3 Å². The summed E-state index contributed by atoms with van der Waals surface area (Å²) >= 11 is 0. The molecule has 1 amide bonds. The van der Waals surface area contributed by atoms with E-state index < -0.39 is 20.9 Å². The van der Waals surface area contributed by atoms with Gasteiger partial charge >= 0.3 is 0 Å². The van der Waals surface area contributed by atoms with Gasteiger partial charge in [0.05, 0.1) is 10.9 Å². The molecule has 0 saturated carbocycles. The van der Waals surface area contributed by atoms with Crippen LogP contribution in [0.1, 0.15) is 37.0 Å². The Bertz CT molecular complexity index is 658. The van der Waals surface area contributed by atoms with Gasteiger partial charge in [0.1, 0.15) is 0 Å². The second-order valence-corrected chi connectivity index (χ2v) is 8.76. The molecule has 134 valence electrons. The summed E-state index contributed by atoms with van der Waals surface area (Å²) in [5.74, 6) is -0.118. The number of methoxy groups -OCH3 is 1. The lowest BCUT2D eigenvalue weighted by molar-refractivity contribution is 0.0275. The molecule has 0 radical (unpaired) electrons. The molecular weight excluding hydrogens is 328 g/mol. The van der Waals surface area contributed by atoms with Crippen molar-refractivity contribution in [2.45, 2.75) is 37.5 Å². The molecule has 6 nitrogen and oxygen atoms in total. The fourth-order valence-electron chi connectivity index (χ4n) is 2.60. The number of nitrogens with one attached hydrogen (secondary N) is 1. The molecule has 1 saturated heterocycles. The van der Waals surface area contributed by atoms with E-state index in [0.29, 0.717) is 24.9 Å². The van der Waals surface area contributed by atoms with Crippen molar-refractivity contribution in [3.8, 4) is 0 Å². The van der Waals surface area contributed by atoms with Gasteiger partial charge in [0.15, 0.2) is 0 Å². The molecule has 0 bridgehead atoms. The van der Waals surface area contributed by atoms with Crippen molar-refractivity contribution >= 4 is 15.9 Å². The third kappa shape index (κ3) is 4.78. The number of likely N-dealkylation sites (tertiary alicyclic amines) is 1. The maximum absolute atomic E-state index is 12.5. The normalized spacial score (nSPS) is 19.3. The molecule has 1 aliphatic heterocycles. The molecule has 1 N–H and O–H groups in total. The van der Waals surface area contributed by atoms with Gasteiger partial charge in [-0.1, -0.05) is 18.2 Å². The lowest BCUT2D eigenvalue weighted by Crippen LogP contribution is -2.50. The van der Waals surface area contributed by atoms with Gasteiger partial charge in [0.2, 0.25) is 10.0 Å². The topological polar surface area (TPSA) is 75.7 Å². The molecule has 1 atom stereocenters. The quantitative estimate of drug-likeness (QED) is 0.843. The number of ether oxygens (including phenoxy) is 1. The molecule has 0 aliphatic carbocycles. The van der Waals surface area contributed by atoms with Crippen LogP contribution in [0.25, 0.3) is 0 Å². The molecule has 1 aromatic carbocycles. The number of carbonyl (C=O) groups excluding carboxylic acids is 1. The number of benzene rings is 1. The van der Waals surface area contributed by atoms with E-state index in [1.165, 1.54) is 0 Å². The highest BCUT2D eigenvalue weighted by atomic mass is 32.2. The third-order valence-electron chi connectivity index (χ3n) is 4.38. The summed E-state index contributed by atoms with van der Waals surface area (Å²) in [4.78, 5) is 14.2. The number of nitrogens with zero attached hydrogens (tertiary/aromatic N) is 1. The van der Waals surface area contributed by atoms with Crippen LogP contribution in [0.3, 0.4) is 0 Å². The van der Waals surface area contributed by atoms with Crippen LogP contribution >= 0.6 is 0 Å². The zero-order chi connectivity index (χ0) is 17.8. The first-order valence-electron chi connectivity index (χ1n) is 8.13. The zero-order valence-electron chi connectivity index (χ0n) is 14.5. The molecule has 0 spiro atoms. The van der Waals surface area contributed by atoms with Crippen LogP contribution in [0.2, 0.25) is 0 Å². The Kier molecular flexibility index (Phi) is 6.01. The van der Waals surface area contributed by atoms with Crippen LogP contribution in [0, 0.1) is 0 Å². The van der Waals surface area contributed by atoms with Crippen molar-refractivity contribution in [2.75, 3.05) is 26.7 Å². The van der Waals surface area contributed by atoms with Crippen LogP contribution in [0.5, 0.6) is 0 Å². The van der Waals surface area contributed by atoms with Gasteiger partial charge in [-0.15, -0.1) is 0 Å². The van der Waals surface area contributed by atoms with Gasteiger partial charge in [-0.2, -0.15) is 0 Å². The second-order valence-electron chi connectivity index (χ2n) is 6.71. The second kappa shape index (κ2) is 7.63. The van der Waals surface area contributed by atoms with Gasteiger partial charge in [0, 0.05) is 32.3 Å². The first-order valence-corrected chi connectivity index (χ1v) is 9.68. The van der Waals surface area contributed by atoms with Crippen LogP contribution < -0.4 is 4.72 Å². The SMILES string of the molecule is COC(C)(C)CNS(=O)(=O)C1CCCN(C(=O)c2ccccc2)C1. The van der Waals surface area contributed by atoms with Crippen LogP contribution in [0.15, 0.2) is 30.3 Å². The molecule has 0 aromatic heterocycles. The number of hydrogen-bond acceptors (Lipinski definition) is 4. The van der Waals surface area contributed by atoms with Gasteiger partial charge < -0.3 is 9.64 Å². The summed E-state index contributed by atoms with van der Waals surface area (Å²) in [7, 11) is -1.95. The molecule has 1 unspecified atom stereocenters. The van der Waals surface area contributed by atoms with E-state index in [9.17, 15) is 13.2 Å². The van der Waals surface area contributed by atoms with Crippen LogP contribution in [0.4, 0.5) is 0 Å². The van der Waals surface area contributed by atoms with Crippen molar-refractivity contribution in [3.05, 3.63) is 35.9 Å². The van der Waals surface area contributed by atoms with Crippen molar-refractivity contribution < 1.29 is 17.9 Å². The Morgan fingerprint density at radius 1 is 1.33 bits per heavy atom. The number of rotatable bonds is 6. The first kappa shape index (κ1) is 18.9. The minimum Gasteiger partial charge on any atom is -0.377 e. The van der Waals surface area contributed by atoms with E-state index >= 15 is 0 Å². The van der Waals surface area contributed by atoms with E-state index in [0.717, 1.165) is 0 Å². The van der Waals surface area contributed by atoms with Crippen molar-refractivity contribution in [1.82, 2.24) is 9.62 Å². The van der Waals surface area contributed by atoms with E-state index in [2.05, 4.69) is 4.72 Å². The van der Waals surface area contributed by atoms with Crippen molar-refractivity contribution in [1.29, 1.82) is 0 Å². The molecule has 1 fully saturated rings. The molecule has 1 aliphatic rings. The predicted octanol–water partition coefficient (Wildman–Crippen LogP) is 1.64. The Hall–Kier alpha value is -1.44. The maximum Gasteiger partial charge on any atom is 0.253 e. The van der Waals surface area contributed by atoms with E-state index in [4.69, 9.17) is 4.74 Å². The van der Waals surface area contributed by atoms with E-state index in [1.807, 2.05) is 19.9 Å². The molecule has 7 heteroatoms. The summed E-state index contributed by atoms with van der Waals surface area (Å²) in [5, 5.41) is -0.591. The minimum absolute atomic E-state index is 0.118. The molecule has 1 aromatic rings. The minimum atomic E-state index is -3.50. The Morgan fingerprint density at radius 2 is 2.00 bits per heavy atom. The number of carbonyl (C=O) groups is 1. The fraction of sp³-hybridized carbons (Fsp3) is 0.588. The highest BCUT2D eigenvalue weighted by molar-refractivity contribution is 7.90. The Labute approximate surface area is 144 Å². The molecule has 24 heavy (non-hydrogen) atoms. The number of sulfonamides is 1. The average Bonchev–Trinajstić information content (AvgIpc) is 2.60. The smallest absolute Gasteiger partial charge is 0.253 e. The number of hydrogen-bond donors (Lipinski definition) is 1. The summed E-state index contributed by atoms with van der Waals surface area (Å²) in [6.07, 6.45) is 1.24. The third-order valence-corrected chi connectivity index (χ3v) is 6.19. The van der Waals surface area contributed by atoms with Crippen molar-refractivity contribution in [3.63, 3.8) is 0 Å². The molecule has 2 rings (SSSR count). The molecular formula is C17H26N2O4S. The highest BCUT2D eigenvalue weighted by Crippen LogP contribution is 2.19. The lowest BCUT2D eigenvalue weighted by Gasteiger charge is -2.33. The summed E-state index contributed by atoms with van der Waals surface area (Å²) in [6, 6.07) is 8.96. The fourth-order valence-corrected chi connectivity index (χ4v) is 4.24.